The fourth-order valence-corrected chi connectivity index (χ4v) is 5.89. The van der Waals surface area contributed by atoms with Gasteiger partial charge in [0.15, 0.2) is 0 Å². The van der Waals surface area contributed by atoms with Gasteiger partial charge in [-0.2, -0.15) is 4.31 Å². The van der Waals surface area contributed by atoms with Crippen molar-refractivity contribution >= 4 is 22.0 Å². The molecule has 1 aromatic carbocycles. The highest BCUT2D eigenvalue weighted by Crippen LogP contribution is 2.32. The SMILES string of the molecule is CCC(C)C(C)N(C(=O)C=Cc1ccc(OC)c(S(=O)(=O)N2CCCCC2)c1)C1CC1. The predicted octanol–water partition coefficient (Wildman–Crippen LogP) is 4.31. The minimum Gasteiger partial charge on any atom is -0.495 e. The molecular formula is C24H36N2O4S. The van der Waals surface area contributed by atoms with Crippen LogP contribution in [0.5, 0.6) is 5.75 Å². The molecule has 0 N–H and O–H groups in total. The van der Waals surface area contributed by atoms with Crippen LogP contribution in [0.4, 0.5) is 0 Å². The van der Waals surface area contributed by atoms with Crippen molar-refractivity contribution in [2.75, 3.05) is 20.2 Å². The van der Waals surface area contributed by atoms with Crippen LogP contribution < -0.4 is 4.74 Å². The highest BCUT2D eigenvalue weighted by molar-refractivity contribution is 7.89. The van der Waals surface area contributed by atoms with Crippen LogP contribution in [0.2, 0.25) is 0 Å². The average Bonchev–Trinajstić information content (AvgIpc) is 3.62. The Bertz CT molecular complexity index is 902. The van der Waals surface area contributed by atoms with Gasteiger partial charge in [-0.05, 0) is 62.3 Å². The van der Waals surface area contributed by atoms with E-state index < -0.39 is 10.0 Å². The minimum absolute atomic E-state index is 0.00782. The number of methoxy groups -OCH3 is 1. The molecule has 6 nitrogen and oxygen atoms in total. The van der Waals surface area contributed by atoms with Gasteiger partial charge >= 0.3 is 0 Å². The lowest BCUT2D eigenvalue weighted by Crippen LogP contribution is -2.42. The number of rotatable bonds is 9. The van der Waals surface area contributed by atoms with Crippen molar-refractivity contribution in [1.29, 1.82) is 0 Å². The molecule has 1 aliphatic carbocycles. The van der Waals surface area contributed by atoms with Crippen LogP contribution in [0, 0.1) is 5.92 Å². The van der Waals surface area contributed by atoms with E-state index in [0.717, 1.165) is 38.5 Å². The number of piperidine rings is 1. The zero-order valence-corrected chi connectivity index (χ0v) is 20.0. The molecule has 2 fully saturated rings. The summed E-state index contributed by atoms with van der Waals surface area (Å²) >= 11 is 0. The zero-order chi connectivity index (χ0) is 22.6. The van der Waals surface area contributed by atoms with Crippen LogP contribution >= 0.6 is 0 Å². The molecule has 3 rings (SSSR count). The van der Waals surface area contributed by atoms with E-state index in [1.54, 1.807) is 30.4 Å². The Kier molecular flexibility index (Phi) is 7.81. The summed E-state index contributed by atoms with van der Waals surface area (Å²) in [6.45, 7) is 7.52. The van der Waals surface area contributed by atoms with Crippen molar-refractivity contribution in [1.82, 2.24) is 9.21 Å². The van der Waals surface area contributed by atoms with Gasteiger partial charge in [-0.25, -0.2) is 8.42 Å². The molecule has 0 bridgehead atoms. The van der Waals surface area contributed by atoms with Crippen LogP contribution in [0.15, 0.2) is 29.2 Å². The van der Waals surface area contributed by atoms with E-state index in [4.69, 9.17) is 4.74 Å². The highest BCUT2D eigenvalue weighted by Gasteiger charge is 2.36. The van der Waals surface area contributed by atoms with Crippen LogP contribution in [-0.2, 0) is 14.8 Å². The van der Waals surface area contributed by atoms with E-state index in [2.05, 4.69) is 20.8 Å². The molecule has 1 heterocycles. The fraction of sp³-hybridized carbons (Fsp3) is 0.625. The fourth-order valence-electron chi connectivity index (χ4n) is 4.18. The monoisotopic (exact) mass is 448 g/mol. The molecule has 1 saturated carbocycles. The number of hydrogen-bond acceptors (Lipinski definition) is 4. The maximum absolute atomic E-state index is 13.2. The third-order valence-corrected chi connectivity index (χ3v) is 8.56. The normalized spacial score (nSPS) is 19.9. The third-order valence-electron chi connectivity index (χ3n) is 6.64. The highest BCUT2D eigenvalue weighted by atomic mass is 32.2. The first-order chi connectivity index (χ1) is 14.8. The maximum Gasteiger partial charge on any atom is 0.247 e. The molecule has 1 aromatic rings. The maximum atomic E-state index is 13.2. The van der Waals surface area contributed by atoms with Crippen molar-refractivity contribution in [2.45, 2.75) is 76.3 Å². The van der Waals surface area contributed by atoms with Gasteiger partial charge in [0.1, 0.15) is 10.6 Å². The summed E-state index contributed by atoms with van der Waals surface area (Å²) in [4.78, 5) is 15.2. The molecule has 2 atom stereocenters. The van der Waals surface area contributed by atoms with Crippen LogP contribution in [0.3, 0.4) is 0 Å². The summed E-state index contributed by atoms with van der Waals surface area (Å²) in [6, 6.07) is 5.58. The first kappa shape index (κ1) is 23.8. The van der Waals surface area contributed by atoms with E-state index in [9.17, 15) is 13.2 Å². The Balaban J connectivity index is 1.84. The second-order valence-electron chi connectivity index (χ2n) is 8.81. The largest absolute Gasteiger partial charge is 0.495 e. The quantitative estimate of drug-likeness (QED) is 0.528. The summed E-state index contributed by atoms with van der Waals surface area (Å²) in [6.07, 6.45) is 9.24. The lowest BCUT2D eigenvalue weighted by molar-refractivity contribution is -0.129. The van der Waals surface area contributed by atoms with Gasteiger partial charge in [0.25, 0.3) is 0 Å². The average molecular weight is 449 g/mol. The van der Waals surface area contributed by atoms with E-state index in [-0.39, 0.29) is 16.8 Å². The van der Waals surface area contributed by atoms with Crippen molar-refractivity contribution in [3.05, 3.63) is 29.8 Å². The predicted molar refractivity (Wildman–Crippen MR) is 123 cm³/mol. The van der Waals surface area contributed by atoms with Gasteiger partial charge < -0.3 is 9.64 Å². The van der Waals surface area contributed by atoms with Crippen molar-refractivity contribution in [2.24, 2.45) is 5.92 Å². The summed E-state index contributed by atoms with van der Waals surface area (Å²) in [7, 11) is -2.16. The van der Waals surface area contributed by atoms with E-state index in [1.807, 2.05) is 4.90 Å². The van der Waals surface area contributed by atoms with Gasteiger partial charge in [-0.15, -0.1) is 0 Å². The first-order valence-electron chi connectivity index (χ1n) is 11.5. The van der Waals surface area contributed by atoms with Gasteiger partial charge in [0, 0.05) is 31.2 Å². The van der Waals surface area contributed by atoms with Gasteiger partial charge in [0.05, 0.1) is 7.11 Å². The zero-order valence-electron chi connectivity index (χ0n) is 19.2. The molecular weight excluding hydrogens is 412 g/mol. The lowest BCUT2D eigenvalue weighted by Gasteiger charge is -2.32. The number of amides is 1. The smallest absolute Gasteiger partial charge is 0.247 e. The van der Waals surface area contributed by atoms with E-state index in [1.165, 1.54) is 11.4 Å². The lowest BCUT2D eigenvalue weighted by atomic mass is 9.99. The molecule has 172 valence electrons. The number of carbonyl (C=O) groups excluding carboxylic acids is 1. The minimum atomic E-state index is -3.63. The molecule has 2 unspecified atom stereocenters. The summed E-state index contributed by atoms with van der Waals surface area (Å²) < 4.78 is 33.3. The first-order valence-corrected chi connectivity index (χ1v) is 12.9. The summed E-state index contributed by atoms with van der Waals surface area (Å²) in [5.41, 5.74) is 0.677. The topological polar surface area (TPSA) is 66.9 Å². The van der Waals surface area contributed by atoms with Gasteiger partial charge in [-0.1, -0.05) is 32.8 Å². The Morgan fingerprint density at radius 3 is 2.48 bits per heavy atom. The van der Waals surface area contributed by atoms with Crippen LogP contribution in [-0.4, -0.2) is 55.8 Å². The molecule has 0 aromatic heterocycles. The molecule has 7 heteroatoms. The summed E-state index contributed by atoms with van der Waals surface area (Å²) in [5.74, 6) is 0.755. The molecule has 2 aliphatic rings. The number of hydrogen-bond donors (Lipinski definition) is 0. The van der Waals surface area contributed by atoms with Gasteiger partial charge in [0.2, 0.25) is 15.9 Å². The van der Waals surface area contributed by atoms with E-state index >= 15 is 0 Å². The van der Waals surface area contributed by atoms with Crippen molar-refractivity contribution in [3.63, 3.8) is 0 Å². The third kappa shape index (κ3) is 5.50. The van der Waals surface area contributed by atoms with Crippen LogP contribution in [0.1, 0.15) is 64.9 Å². The molecule has 0 radical (unpaired) electrons. The number of sulfonamides is 1. The molecule has 1 aliphatic heterocycles. The Hall–Kier alpha value is -1.86. The molecule has 0 spiro atoms. The molecule has 1 amide bonds. The van der Waals surface area contributed by atoms with Crippen molar-refractivity contribution < 1.29 is 17.9 Å². The Labute approximate surface area is 187 Å². The standard InChI is InChI=1S/C24H36N2O4S/c1-5-18(2)19(3)26(21-11-12-21)24(27)14-10-20-9-13-22(30-4)23(17-20)31(28,29)25-15-7-6-8-16-25/h9-10,13-14,17-19,21H,5-8,11-12,15-16H2,1-4H3. The molecule has 31 heavy (non-hydrogen) atoms. The Morgan fingerprint density at radius 1 is 1.23 bits per heavy atom. The second-order valence-corrected chi connectivity index (χ2v) is 10.7. The van der Waals surface area contributed by atoms with Crippen LogP contribution in [0.25, 0.3) is 6.08 Å². The summed E-state index contributed by atoms with van der Waals surface area (Å²) in [5, 5.41) is 0. The number of ether oxygens (including phenoxy) is 1. The number of nitrogens with zero attached hydrogens (tertiary/aromatic N) is 2. The van der Waals surface area contributed by atoms with Crippen molar-refractivity contribution in [3.8, 4) is 5.75 Å². The number of carbonyl (C=O) groups is 1. The second kappa shape index (κ2) is 10.2. The van der Waals surface area contributed by atoms with E-state index in [0.29, 0.717) is 36.4 Å². The molecule has 1 saturated heterocycles. The number of benzene rings is 1. The van der Waals surface area contributed by atoms with Gasteiger partial charge in [-0.3, -0.25) is 4.79 Å². The Morgan fingerprint density at radius 2 is 1.90 bits per heavy atom.